The molecule has 0 N–H and O–H groups in total. The van der Waals surface area contributed by atoms with Gasteiger partial charge in [-0.25, -0.2) is 4.99 Å². The van der Waals surface area contributed by atoms with E-state index in [-0.39, 0.29) is 18.1 Å². The van der Waals surface area contributed by atoms with Gasteiger partial charge in [-0.05, 0) is 60.2 Å². The summed E-state index contributed by atoms with van der Waals surface area (Å²) in [5.74, 6) is 1.63. The van der Waals surface area contributed by atoms with E-state index < -0.39 is 5.97 Å². The molecular weight excluding hydrogens is 388 g/mol. The van der Waals surface area contributed by atoms with Gasteiger partial charge >= 0.3 is 0 Å². The number of aliphatic imine (C=N–C) groups is 1. The van der Waals surface area contributed by atoms with Gasteiger partial charge in [-0.2, -0.15) is 0 Å². The molecule has 1 amide bonds. The van der Waals surface area contributed by atoms with Crippen molar-refractivity contribution in [2.24, 2.45) is 4.99 Å². The van der Waals surface area contributed by atoms with Gasteiger partial charge in [0.1, 0.15) is 12.4 Å². The highest BCUT2D eigenvalue weighted by Crippen LogP contribution is 2.34. The van der Waals surface area contributed by atoms with Crippen LogP contribution in [0.1, 0.15) is 22.8 Å². The molecule has 3 rings (SSSR count). The van der Waals surface area contributed by atoms with Crippen LogP contribution in [0.25, 0.3) is 6.08 Å². The minimum absolute atomic E-state index is 0.0344. The maximum Gasteiger partial charge on any atom is 0.266 e. The van der Waals surface area contributed by atoms with E-state index in [1.165, 1.54) is 23.9 Å². The zero-order valence-corrected chi connectivity index (χ0v) is 16.4. The van der Waals surface area contributed by atoms with Crippen molar-refractivity contribution in [2.45, 2.75) is 6.92 Å². The Bertz CT molecular complexity index is 1040. The highest BCUT2D eigenvalue weighted by Gasteiger charge is 2.32. The molecule has 146 valence electrons. The minimum Gasteiger partial charge on any atom is -0.545 e. The molecule has 1 fully saturated rings. The molecule has 1 heterocycles. The zero-order valence-electron chi connectivity index (χ0n) is 15.6. The summed E-state index contributed by atoms with van der Waals surface area (Å²) in [6, 6.07) is 13.3. The number of carboxylic acid groups (broad SMARTS) is 1. The highest BCUT2D eigenvalue weighted by molar-refractivity contribution is 8.18. The van der Waals surface area contributed by atoms with Crippen molar-refractivity contribution in [3.05, 3.63) is 64.6 Å². The second-order valence-electron chi connectivity index (χ2n) is 5.95. The number of aromatic carboxylic acids is 1. The molecule has 1 aliphatic heterocycles. The van der Waals surface area contributed by atoms with E-state index in [0.29, 0.717) is 28.1 Å². The number of nitrogens with zero attached hydrogens (tertiary/aromatic N) is 2. The average Bonchev–Trinajstić information content (AvgIpc) is 3.01. The Morgan fingerprint density at radius 3 is 2.72 bits per heavy atom. The fraction of sp³-hybridized carbons (Fsp3) is 0.136. The first kappa shape index (κ1) is 20.2. The number of carbonyl (C=O) groups is 2. The van der Waals surface area contributed by atoms with Gasteiger partial charge in [0.25, 0.3) is 5.91 Å². The summed E-state index contributed by atoms with van der Waals surface area (Å²) >= 11 is 1.24. The molecule has 2 aromatic rings. The molecule has 1 saturated heterocycles. The van der Waals surface area contributed by atoms with Gasteiger partial charge < -0.3 is 14.6 Å². The number of hydrogen-bond acceptors (Lipinski definition) is 6. The molecule has 1 aliphatic rings. The Balaban J connectivity index is 1.85. The number of amides is 1. The molecular formula is C22H17N2O4S-. The minimum atomic E-state index is -1.27. The summed E-state index contributed by atoms with van der Waals surface area (Å²) in [4.78, 5) is 30.3. The molecule has 0 radical (unpaired) electrons. The van der Waals surface area contributed by atoms with Gasteiger partial charge in [0.15, 0.2) is 5.17 Å². The van der Waals surface area contributed by atoms with Crippen LogP contribution in [0.2, 0.25) is 0 Å². The summed E-state index contributed by atoms with van der Waals surface area (Å²) in [6.07, 6.45) is 6.95. The van der Waals surface area contributed by atoms with Crippen LogP contribution in [0, 0.1) is 12.3 Å². The molecule has 0 atom stereocenters. The van der Waals surface area contributed by atoms with Crippen LogP contribution in [-0.4, -0.2) is 35.1 Å². The number of ether oxygens (including phenoxy) is 1. The molecule has 0 spiro atoms. The van der Waals surface area contributed by atoms with Crippen molar-refractivity contribution in [1.29, 1.82) is 0 Å². The van der Waals surface area contributed by atoms with Crippen molar-refractivity contribution < 1.29 is 19.4 Å². The standard InChI is InChI=1S/C22H18N2O4S/c1-3-12-28-18-10-8-15(9-11-18)13-19-20(25)24(4-2)22(29-19)23-17-7-5-6-16(14-17)21(26)27/h1,5-11,13-14H,4,12H2,2H3,(H,26,27)/p-1/b19-13-,23-22?. The lowest BCUT2D eigenvalue weighted by Crippen LogP contribution is -2.28. The number of rotatable bonds is 6. The van der Waals surface area contributed by atoms with Crippen molar-refractivity contribution >= 4 is 40.6 Å². The lowest BCUT2D eigenvalue weighted by molar-refractivity contribution is -0.255. The summed E-state index contributed by atoms with van der Waals surface area (Å²) < 4.78 is 5.34. The van der Waals surface area contributed by atoms with Crippen molar-refractivity contribution in [1.82, 2.24) is 4.90 Å². The first-order valence-corrected chi connectivity index (χ1v) is 9.61. The van der Waals surface area contributed by atoms with Crippen molar-refractivity contribution in [3.8, 4) is 18.1 Å². The van der Waals surface area contributed by atoms with Crippen molar-refractivity contribution in [2.75, 3.05) is 13.2 Å². The number of likely N-dealkylation sites (N-methyl/N-ethyl adjacent to an activating group) is 1. The molecule has 0 aliphatic carbocycles. The smallest absolute Gasteiger partial charge is 0.266 e. The quantitative estimate of drug-likeness (QED) is 0.545. The maximum atomic E-state index is 12.7. The van der Waals surface area contributed by atoms with E-state index in [4.69, 9.17) is 11.2 Å². The van der Waals surface area contributed by atoms with Crippen LogP contribution < -0.4 is 9.84 Å². The summed E-state index contributed by atoms with van der Waals surface area (Å²) in [7, 11) is 0. The predicted molar refractivity (Wildman–Crippen MR) is 112 cm³/mol. The Morgan fingerprint density at radius 1 is 1.31 bits per heavy atom. The molecule has 0 bridgehead atoms. The molecule has 6 nitrogen and oxygen atoms in total. The molecule has 29 heavy (non-hydrogen) atoms. The van der Waals surface area contributed by atoms with Crippen LogP contribution in [0.15, 0.2) is 58.4 Å². The van der Waals surface area contributed by atoms with E-state index in [9.17, 15) is 14.7 Å². The maximum absolute atomic E-state index is 12.7. The first-order valence-electron chi connectivity index (χ1n) is 8.79. The van der Waals surface area contributed by atoms with Gasteiger partial charge in [-0.15, -0.1) is 6.42 Å². The molecule has 2 aromatic carbocycles. The van der Waals surface area contributed by atoms with E-state index in [1.54, 1.807) is 35.2 Å². The van der Waals surface area contributed by atoms with Crippen LogP contribution in [0.3, 0.4) is 0 Å². The molecule has 7 heteroatoms. The lowest BCUT2D eigenvalue weighted by atomic mass is 10.2. The Morgan fingerprint density at radius 2 is 2.07 bits per heavy atom. The van der Waals surface area contributed by atoms with E-state index >= 15 is 0 Å². The molecule has 0 unspecified atom stereocenters. The third-order valence-corrected chi connectivity index (χ3v) is 5.02. The fourth-order valence-corrected chi connectivity index (χ4v) is 3.68. The Kier molecular flexibility index (Phi) is 6.37. The van der Waals surface area contributed by atoms with Crippen LogP contribution in [0.5, 0.6) is 5.75 Å². The lowest BCUT2D eigenvalue weighted by Gasteiger charge is -2.12. The second kappa shape index (κ2) is 9.13. The first-order chi connectivity index (χ1) is 14.0. The highest BCUT2D eigenvalue weighted by atomic mass is 32.2. The van der Waals surface area contributed by atoms with Gasteiger partial charge in [0.2, 0.25) is 0 Å². The van der Waals surface area contributed by atoms with E-state index in [2.05, 4.69) is 10.9 Å². The van der Waals surface area contributed by atoms with Crippen LogP contribution in [0.4, 0.5) is 5.69 Å². The predicted octanol–water partition coefficient (Wildman–Crippen LogP) is 2.69. The largest absolute Gasteiger partial charge is 0.545 e. The summed E-state index contributed by atoms with van der Waals surface area (Å²) in [5, 5.41) is 11.5. The third kappa shape index (κ3) is 4.86. The monoisotopic (exact) mass is 405 g/mol. The Hall–Kier alpha value is -3.50. The molecule has 0 saturated carbocycles. The summed E-state index contributed by atoms with van der Waals surface area (Å²) in [6.45, 7) is 2.49. The SMILES string of the molecule is C#CCOc1ccc(/C=C2\SC(=Nc3cccc(C(=O)[O-])c3)N(CC)C2=O)cc1. The number of terminal acetylenes is 1. The Labute approximate surface area is 172 Å². The fourth-order valence-electron chi connectivity index (χ4n) is 2.62. The zero-order chi connectivity index (χ0) is 20.8. The summed E-state index contributed by atoms with van der Waals surface area (Å²) in [5.41, 5.74) is 1.31. The topological polar surface area (TPSA) is 82.0 Å². The van der Waals surface area contributed by atoms with Crippen LogP contribution in [-0.2, 0) is 4.79 Å². The average molecular weight is 405 g/mol. The van der Waals surface area contributed by atoms with Gasteiger partial charge in [0.05, 0.1) is 16.6 Å². The number of carbonyl (C=O) groups excluding carboxylic acids is 2. The number of carboxylic acids is 1. The van der Waals surface area contributed by atoms with Gasteiger partial charge in [-0.3, -0.25) is 9.69 Å². The second-order valence-corrected chi connectivity index (χ2v) is 6.96. The third-order valence-electron chi connectivity index (χ3n) is 4.01. The molecule has 0 aromatic heterocycles. The normalized spacial score (nSPS) is 16.3. The van der Waals surface area contributed by atoms with Crippen molar-refractivity contribution in [3.63, 3.8) is 0 Å². The number of benzene rings is 2. The van der Waals surface area contributed by atoms with Crippen LogP contribution >= 0.6 is 11.8 Å². The van der Waals surface area contributed by atoms with E-state index in [1.807, 2.05) is 19.1 Å². The van der Waals surface area contributed by atoms with Gasteiger partial charge in [0, 0.05) is 6.54 Å². The van der Waals surface area contributed by atoms with E-state index in [0.717, 1.165) is 5.56 Å². The number of thioether (sulfide) groups is 1. The number of amidine groups is 1. The van der Waals surface area contributed by atoms with Gasteiger partial charge in [-0.1, -0.05) is 30.2 Å². The number of hydrogen-bond donors (Lipinski definition) is 0.